The van der Waals surface area contributed by atoms with Crippen molar-refractivity contribution in [1.82, 2.24) is 10.3 Å². The number of pyridine rings is 1. The van der Waals surface area contributed by atoms with Crippen LogP contribution in [0.1, 0.15) is 11.6 Å². The quantitative estimate of drug-likeness (QED) is 0.697. The molecule has 0 aliphatic carbocycles. The fourth-order valence-corrected chi connectivity index (χ4v) is 1.12. The molecule has 1 aromatic heterocycles. The number of nitrogens with zero attached hydrogens (tertiary/aromatic N) is 1. The molecule has 1 atom stereocenters. The zero-order valence-corrected chi connectivity index (χ0v) is 7.74. The van der Waals surface area contributed by atoms with E-state index in [-0.39, 0.29) is 6.04 Å². The highest BCUT2D eigenvalue weighted by Crippen LogP contribution is 2.20. The van der Waals surface area contributed by atoms with Gasteiger partial charge in [-0.15, -0.1) is 6.42 Å². The lowest BCUT2D eigenvalue weighted by Gasteiger charge is -2.12. The van der Waals surface area contributed by atoms with Gasteiger partial charge in [-0.25, -0.2) is 4.98 Å². The van der Waals surface area contributed by atoms with Gasteiger partial charge in [0.1, 0.15) is 0 Å². The summed E-state index contributed by atoms with van der Waals surface area (Å²) in [6.07, 6.45) is 7.02. The minimum atomic E-state index is -0.149. The molecule has 0 saturated heterocycles. The van der Waals surface area contributed by atoms with Crippen molar-refractivity contribution in [1.29, 1.82) is 0 Å². The first kappa shape index (κ1) is 9.56. The van der Waals surface area contributed by atoms with E-state index >= 15 is 0 Å². The molecule has 1 rings (SSSR count). The molecule has 0 aliphatic rings. The number of aromatic nitrogens is 1. The predicted octanol–water partition coefficient (Wildman–Crippen LogP) is 0.984. The molecule has 0 radical (unpaired) electrons. The van der Waals surface area contributed by atoms with Crippen LogP contribution in [0.3, 0.4) is 0 Å². The topological polar surface area (TPSA) is 34.2 Å². The highest BCUT2D eigenvalue weighted by atomic mass is 16.5. The minimum absolute atomic E-state index is 0.149. The summed E-state index contributed by atoms with van der Waals surface area (Å²) in [4.78, 5) is 4.06. The van der Waals surface area contributed by atoms with Gasteiger partial charge in [-0.1, -0.05) is 5.92 Å². The molecule has 1 heterocycles. The zero-order chi connectivity index (χ0) is 9.68. The largest absolute Gasteiger partial charge is 0.481 e. The smallest absolute Gasteiger partial charge is 0.218 e. The molecule has 13 heavy (non-hydrogen) atoms. The lowest BCUT2D eigenvalue weighted by molar-refractivity contribution is 0.389. The Morgan fingerprint density at radius 1 is 1.69 bits per heavy atom. The summed E-state index contributed by atoms with van der Waals surface area (Å²) in [7, 11) is 3.38. The number of hydrogen-bond acceptors (Lipinski definition) is 3. The molecule has 0 amide bonds. The summed E-state index contributed by atoms with van der Waals surface area (Å²) in [6.45, 7) is 0. The van der Waals surface area contributed by atoms with Crippen molar-refractivity contribution in [3.63, 3.8) is 0 Å². The van der Waals surface area contributed by atoms with Crippen LogP contribution in [-0.4, -0.2) is 19.1 Å². The van der Waals surface area contributed by atoms with Gasteiger partial charge < -0.3 is 10.1 Å². The van der Waals surface area contributed by atoms with Crippen molar-refractivity contribution >= 4 is 0 Å². The van der Waals surface area contributed by atoms with Gasteiger partial charge >= 0.3 is 0 Å². The van der Waals surface area contributed by atoms with Crippen LogP contribution >= 0.6 is 0 Å². The zero-order valence-electron chi connectivity index (χ0n) is 7.74. The number of nitrogens with one attached hydrogen (secondary N) is 1. The van der Waals surface area contributed by atoms with Crippen molar-refractivity contribution in [2.45, 2.75) is 6.04 Å². The molecule has 1 N–H and O–H groups in total. The molecule has 68 valence electrons. The normalized spacial score (nSPS) is 11.8. The van der Waals surface area contributed by atoms with Gasteiger partial charge in [-0.05, 0) is 19.2 Å². The Balaban J connectivity index is 3.05. The maximum atomic E-state index is 5.34. The number of terminal acetylenes is 1. The maximum absolute atomic E-state index is 5.34. The van der Waals surface area contributed by atoms with Crippen LogP contribution in [0, 0.1) is 12.3 Å². The van der Waals surface area contributed by atoms with E-state index in [4.69, 9.17) is 11.2 Å². The monoisotopic (exact) mass is 176 g/mol. The van der Waals surface area contributed by atoms with E-state index in [0.29, 0.717) is 5.88 Å². The van der Waals surface area contributed by atoms with E-state index < -0.39 is 0 Å². The molecule has 0 bridgehead atoms. The van der Waals surface area contributed by atoms with E-state index in [0.717, 1.165) is 5.56 Å². The van der Waals surface area contributed by atoms with E-state index in [2.05, 4.69) is 16.2 Å². The average Bonchev–Trinajstić information content (AvgIpc) is 2.20. The number of ether oxygens (including phenoxy) is 1. The first-order chi connectivity index (χ1) is 6.33. The second-order valence-corrected chi connectivity index (χ2v) is 2.49. The van der Waals surface area contributed by atoms with E-state index in [9.17, 15) is 0 Å². The Morgan fingerprint density at radius 3 is 3.00 bits per heavy atom. The molecule has 3 nitrogen and oxygen atoms in total. The van der Waals surface area contributed by atoms with Gasteiger partial charge in [0.25, 0.3) is 0 Å². The Bertz CT molecular complexity index is 317. The van der Waals surface area contributed by atoms with Gasteiger partial charge in [0.15, 0.2) is 0 Å². The minimum Gasteiger partial charge on any atom is -0.481 e. The third-order valence-electron chi connectivity index (χ3n) is 1.76. The fourth-order valence-electron chi connectivity index (χ4n) is 1.12. The van der Waals surface area contributed by atoms with Crippen LogP contribution in [0.4, 0.5) is 0 Å². The summed E-state index contributed by atoms with van der Waals surface area (Å²) < 4.78 is 5.08. The van der Waals surface area contributed by atoms with E-state index in [1.807, 2.05) is 12.1 Å². The van der Waals surface area contributed by atoms with Crippen molar-refractivity contribution in [2.75, 3.05) is 14.2 Å². The van der Waals surface area contributed by atoms with Gasteiger partial charge in [0.05, 0.1) is 13.2 Å². The molecule has 0 fully saturated rings. The molecule has 0 spiro atoms. The summed E-state index contributed by atoms with van der Waals surface area (Å²) in [5.41, 5.74) is 0.884. The Labute approximate surface area is 78.1 Å². The summed E-state index contributed by atoms with van der Waals surface area (Å²) >= 11 is 0. The number of rotatable bonds is 3. The molecular weight excluding hydrogens is 164 g/mol. The molecule has 0 aliphatic heterocycles. The first-order valence-corrected chi connectivity index (χ1v) is 3.95. The van der Waals surface area contributed by atoms with Crippen LogP contribution in [0.25, 0.3) is 0 Å². The molecule has 0 aromatic carbocycles. The van der Waals surface area contributed by atoms with Crippen molar-refractivity contribution in [3.05, 3.63) is 23.9 Å². The Kier molecular flexibility index (Phi) is 3.30. The number of methoxy groups -OCH3 is 1. The van der Waals surface area contributed by atoms with E-state index in [1.54, 1.807) is 20.4 Å². The van der Waals surface area contributed by atoms with Gasteiger partial charge in [-0.2, -0.15) is 0 Å². The second kappa shape index (κ2) is 4.48. The molecule has 3 heteroatoms. The highest BCUT2D eigenvalue weighted by molar-refractivity contribution is 5.33. The first-order valence-electron chi connectivity index (χ1n) is 3.95. The lowest BCUT2D eigenvalue weighted by atomic mass is 10.1. The summed E-state index contributed by atoms with van der Waals surface area (Å²) in [5.74, 6) is 3.18. The van der Waals surface area contributed by atoms with Crippen LogP contribution in [0.5, 0.6) is 5.88 Å². The highest BCUT2D eigenvalue weighted by Gasteiger charge is 2.11. The van der Waals surface area contributed by atoms with Crippen LogP contribution in [-0.2, 0) is 0 Å². The number of hydrogen-bond donors (Lipinski definition) is 1. The molecule has 1 unspecified atom stereocenters. The van der Waals surface area contributed by atoms with Crippen LogP contribution in [0.15, 0.2) is 18.3 Å². The third-order valence-corrected chi connectivity index (χ3v) is 1.76. The standard InChI is InChI=1S/C10H12N2O/c1-4-9(11-2)8-6-5-7-12-10(8)13-3/h1,5-7,9,11H,2-3H3. The van der Waals surface area contributed by atoms with Gasteiger partial charge in [0, 0.05) is 11.8 Å². The second-order valence-electron chi connectivity index (χ2n) is 2.49. The third kappa shape index (κ3) is 1.98. The van der Waals surface area contributed by atoms with E-state index in [1.165, 1.54) is 0 Å². The van der Waals surface area contributed by atoms with Crippen molar-refractivity contribution in [2.24, 2.45) is 0 Å². The molecular formula is C10H12N2O. The Hall–Kier alpha value is -1.53. The van der Waals surface area contributed by atoms with Gasteiger partial charge in [-0.3, -0.25) is 0 Å². The predicted molar refractivity (Wildman–Crippen MR) is 51.4 cm³/mol. The van der Waals surface area contributed by atoms with Crippen molar-refractivity contribution in [3.8, 4) is 18.2 Å². The summed E-state index contributed by atoms with van der Waals surface area (Å²) in [5, 5.41) is 2.99. The molecule has 1 aromatic rings. The van der Waals surface area contributed by atoms with Gasteiger partial charge in [0.2, 0.25) is 5.88 Å². The fraction of sp³-hybridized carbons (Fsp3) is 0.300. The SMILES string of the molecule is C#CC(NC)c1cccnc1OC. The van der Waals surface area contributed by atoms with Crippen molar-refractivity contribution < 1.29 is 4.74 Å². The maximum Gasteiger partial charge on any atom is 0.218 e. The lowest BCUT2D eigenvalue weighted by Crippen LogP contribution is -2.15. The summed E-state index contributed by atoms with van der Waals surface area (Å²) in [6, 6.07) is 3.58. The molecule has 0 saturated carbocycles. The Morgan fingerprint density at radius 2 is 2.46 bits per heavy atom. The average molecular weight is 176 g/mol. The van der Waals surface area contributed by atoms with Crippen LogP contribution < -0.4 is 10.1 Å². The van der Waals surface area contributed by atoms with Crippen LogP contribution in [0.2, 0.25) is 0 Å².